The Labute approximate surface area is 127 Å². The molecule has 0 unspecified atom stereocenters. The van der Waals surface area contributed by atoms with Gasteiger partial charge in [-0.2, -0.15) is 0 Å². The zero-order valence-corrected chi connectivity index (χ0v) is 12.8. The average Bonchev–Trinajstić information content (AvgIpc) is 2.95. The summed E-state index contributed by atoms with van der Waals surface area (Å²) in [5.41, 5.74) is 12.4. The van der Waals surface area contributed by atoms with E-state index in [0.717, 1.165) is 25.2 Å². The quantitative estimate of drug-likeness (QED) is 0.833. The van der Waals surface area contributed by atoms with Gasteiger partial charge in [-0.15, -0.1) is 0 Å². The molecular weight excluding hydrogens is 256 g/mol. The van der Waals surface area contributed by atoms with Gasteiger partial charge in [0.15, 0.2) is 0 Å². The highest BCUT2D eigenvalue weighted by Crippen LogP contribution is 2.25. The van der Waals surface area contributed by atoms with Gasteiger partial charge < -0.3 is 10.6 Å². The molecule has 0 saturated carbocycles. The Morgan fingerprint density at radius 3 is 2.52 bits per heavy atom. The molecule has 0 saturated heterocycles. The number of rotatable bonds is 5. The van der Waals surface area contributed by atoms with Crippen LogP contribution in [0.4, 0.5) is 11.4 Å². The van der Waals surface area contributed by atoms with Crippen molar-refractivity contribution in [2.45, 2.75) is 39.2 Å². The van der Waals surface area contributed by atoms with Crippen molar-refractivity contribution in [2.75, 3.05) is 17.2 Å². The van der Waals surface area contributed by atoms with E-state index >= 15 is 0 Å². The number of benzene rings is 2. The Morgan fingerprint density at radius 2 is 1.76 bits per heavy atom. The lowest BCUT2D eigenvalue weighted by Crippen LogP contribution is -2.23. The zero-order chi connectivity index (χ0) is 14.7. The van der Waals surface area contributed by atoms with Crippen molar-refractivity contribution < 1.29 is 0 Å². The molecule has 2 aromatic carbocycles. The summed E-state index contributed by atoms with van der Waals surface area (Å²) in [6.07, 6.45) is 4.97. The first-order valence-electron chi connectivity index (χ1n) is 7.97. The number of aryl methyl sites for hydroxylation is 2. The van der Waals surface area contributed by atoms with Crippen LogP contribution in [0.1, 0.15) is 36.5 Å². The zero-order valence-electron chi connectivity index (χ0n) is 12.8. The molecule has 1 aliphatic rings. The molecule has 0 heterocycles. The average molecular weight is 280 g/mol. The molecule has 0 aromatic heterocycles. The standard InChI is InChI=1S/C19H24N2/c1-2-12-21(19-10-8-18(20)9-11-19)14-15-6-7-16-4-3-5-17(16)13-15/h6-11,13H,2-5,12,14,20H2,1H3. The van der Waals surface area contributed by atoms with Crippen molar-refractivity contribution in [3.8, 4) is 0 Å². The summed E-state index contributed by atoms with van der Waals surface area (Å²) in [4.78, 5) is 2.44. The molecule has 2 N–H and O–H groups in total. The van der Waals surface area contributed by atoms with Gasteiger partial charge in [-0.25, -0.2) is 0 Å². The fraction of sp³-hybridized carbons (Fsp3) is 0.368. The van der Waals surface area contributed by atoms with Gasteiger partial charge in [0.25, 0.3) is 0 Å². The third-order valence-corrected chi connectivity index (χ3v) is 4.29. The van der Waals surface area contributed by atoms with Crippen molar-refractivity contribution in [2.24, 2.45) is 0 Å². The molecule has 21 heavy (non-hydrogen) atoms. The number of anilines is 2. The van der Waals surface area contributed by atoms with Gasteiger partial charge in [0.1, 0.15) is 0 Å². The minimum Gasteiger partial charge on any atom is -0.399 e. The lowest BCUT2D eigenvalue weighted by molar-refractivity contribution is 0.767. The summed E-state index contributed by atoms with van der Waals surface area (Å²) >= 11 is 0. The number of nitrogens with zero attached hydrogens (tertiary/aromatic N) is 1. The second-order valence-electron chi connectivity index (χ2n) is 5.97. The van der Waals surface area contributed by atoms with Crippen LogP contribution in [0.25, 0.3) is 0 Å². The van der Waals surface area contributed by atoms with E-state index in [1.54, 1.807) is 11.1 Å². The van der Waals surface area contributed by atoms with Gasteiger partial charge in [-0.05, 0) is 66.6 Å². The van der Waals surface area contributed by atoms with E-state index < -0.39 is 0 Å². The number of hydrogen-bond acceptors (Lipinski definition) is 2. The van der Waals surface area contributed by atoms with E-state index in [1.807, 2.05) is 12.1 Å². The van der Waals surface area contributed by atoms with Gasteiger partial charge in [-0.1, -0.05) is 25.1 Å². The number of hydrogen-bond donors (Lipinski definition) is 1. The van der Waals surface area contributed by atoms with E-state index in [0.29, 0.717) is 0 Å². The van der Waals surface area contributed by atoms with Crippen molar-refractivity contribution >= 4 is 11.4 Å². The predicted octanol–water partition coefficient (Wildman–Crippen LogP) is 4.17. The normalized spacial score (nSPS) is 13.2. The first-order valence-corrected chi connectivity index (χ1v) is 7.97. The van der Waals surface area contributed by atoms with Crippen molar-refractivity contribution in [3.05, 3.63) is 59.2 Å². The molecular formula is C19H24N2. The third-order valence-electron chi connectivity index (χ3n) is 4.29. The molecule has 0 radical (unpaired) electrons. The highest BCUT2D eigenvalue weighted by atomic mass is 15.1. The molecule has 0 spiro atoms. The van der Waals surface area contributed by atoms with Gasteiger partial charge in [0.05, 0.1) is 0 Å². The van der Waals surface area contributed by atoms with Crippen molar-refractivity contribution in [3.63, 3.8) is 0 Å². The van der Waals surface area contributed by atoms with Gasteiger partial charge >= 0.3 is 0 Å². The second-order valence-corrected chi connectivity index (χ2v) is 5.97. The van der Waals surface area contributed by atoms with Crippen LogP contribution < -0.4 is 10.6 Å². The first-order chi connectivity index (χ1) is 10.3. The van der Waals surface area contributed by atoms with Gasteiger partial charge in [-0.3, -0.25) is 0 Å². The highest BCUT2D eigenvalue weighted by Gasteiger charge is 2.12. The van der Waals surface area contributed by atoms with Crippen molar-refractivity contribution in [1.29, 1.82) is 0 Å². The second kappa shape index (κ2) is 6.21. The van der Waals surface area contributed by atoms with E-state index in [2.05, 4.69) is 42.2 Å². The summed E-state index contributed by atoms with van der Waals surface area (Å²) in [5.74, 6) is 0. The Hall–Kier alpha value is -1.96. The van der Waals surface area contributed by atoms with Crippen LogP contribution in [-0.4, -0.2) is 6.54 Å². The lowest BCUT2D eigenvalue weighted by atomic mass is 10.1. The van der Waals surface area contributed by atoms with Crippen LogP contribution in [0.15, 0.2) is 42.5 Å². The summed E-state index contributed by atoms with van der Waals surface area (Å²) in [5, 5.41) is 0. The maximum Gasteiger partial charge on any atom is 0.0429 e. The molecule has 2 aromatic rings. The lowest BCUT2D eigenvalue weighted by Gasteiger charge is -2.25. The number of nitrogen functional groups attached to an aromatic ring is 1. The third kappa shape index (κ3) is 3.21. The van der Waals surface area contributed by atoms with E-state index in [9.17, 15) is 0 Å². The highest BCUT2D eigenvalue weighted by molar-refractivity contribution is 5.53. The minimum atomic E-state index is 0.827. The molecule has 2 nitrogen and oxygen atoms in total. The maximum atomic E-state index is 5.80. The van der Waals surface area contributed by atoms with Crippen molar-refractivity contribution in [1.82, 2.24) is 0 Å². The predicted molar refractivity (Wildman–Crippen MR) is 90.7 cm³/mol. The minimum absolute atomic E-state index is 0.827. The largest absolute Gasteiger partial charge is 0.399 e. The monoisotopic (exact) mass is 280 g/mol. The number of fused-ring (bicyclic) bond motifs is 1. The van der Waals surface area contributed by atoms with Crippen LogP contribution in [0.5, 0.6) is 0 Å². The fourth-order valence-electron chi connectivity index (χ4n) is 3.20. The molecule has 1 aliphatic carbocycles. The summed E-state index contributed by atoms with van der Waals surface area (Å²) in [6.45, 7) is 4.28. The van der Waals surface area contributed by atoms with Crippen LogP contribution in [0, 0.1) is 0 Å². The maximum absolute atomic E-state index is 5.80. The van der Waals surface area contributed by atoms with Gasteiger partial charge in [0.2, 0.25) is 0 Å². The molecule has 0 aliphatic heterocycles. The summed E-state index contributed by atoms with van der Waals surface area (Å²) in [6, 6.07) is 15.2. The molecule has 0 fully saturated rings. The van der Waals surface area contributed by atoms with Gasteiger partial charge in [0, 0.05) is 24.5 Å². The summed E-state index contributed by atoms with van der Waals surface area (Å²) < 4.78 is 0. The summed E-state index contributed by atoms with van der Waals surface area (Å²) in [7, 11) is 0. The molecule has 2 heteroatoms. The fourth-order valence-corrected chi connectivity index (χ4v) is 3.20. The smallest absolute Gasteiger partial charge is 0.0429 e. The molecule has 110 valence electrons. The van der Waals surface area contributed by atoms with Crippen LogP contribution in [-0.2, 0) is 19.4 Å². The van der Waals surface area contributed by atoms with E-state index in [1.165, 1.54) is 30.5 Å². The molecule has 3 rings (SSSR count). The molecule has 0 amide bonds. The molecule has 0 atom stereocenters. The topological polar surface area (TPSA) is 29.3 Å². The Morgan fingerprint density at radius 1 is 1.00 bits per heavy atom. The van der Waals surface area contributed by atoms with E-state index in [-0.39, 0.29) is 0 Å². The first kappa shape index (κ1) is 14.0. The SMILES string of the molecule is CCCN(Cc1ccc2c(c1)CCC2)c1ccc(N)cc1. The van der Waals surface area contributed by atoms with Crippen LogP contribution in [0.3, 0.4) is 0 Å². The Kier molecular flexibility index (Phi) is 4.14. The Balaban J connectivity index is 1.80. The molecule has 0 bridgehead atoms. The Bertz CT molecular complexity index is 601. The van der Waals surface area contributed by atoms with Crippen LogP contribution in [0.2, 0.25) is 0 Å². The van der Waals surface area contributed by atoms with E-state index in [4.69, 9.17) is 5.73 Å². The number of nitrogens with two attached hydrogens (primary N) is 1. The van der Waals surface area contributed by atoms with Crippen LogP contribution >= 0.6 is 0 Å².